The van der Waals surface area contributed by atoms with Gasteiger partial charge in [0.05, 0.1) is 5.56 Å². The lowest BCUT2D eigenvalue weighted by Crippen LogP contribution is -2.09. The van der Waals surface area contributed by atoms with Gasteiger partial charge in [-0.25, -0.2) is 9.37 Å². The first kappa shape index (κ1) is 17.9. The van der Waals surface area contributed by atoms with E-state index in [9.17, 15) is 4.39 Å². The van der Waals surface area contributed by atoms with Crippen molar-refractivity contribution < 1.29 is 9.13 Å². The number of hydrogen-bond donors (Lipinski definition) is 0. The van der Waals surface area contributed by atoms with Crippen LogP contribution in [-0.4, -0.2) is 9.97 Å². The minimum atomic E-state index is -0.282. The Bertz CT molecular complexity index is 1160. The van der Waals surface area contributed by atoms with E-state index in [0.717, 1.165) is 39.6 Å². The highest BCUT2D eigenvalue weighted by Gasteiger charge is 2.24. The van der Waals surface area contributed by atoms with Gasteiger partial charge in [0, 0.05) is 17.7 Å². The van der Waals surface area contributed by atoms with Crippen molar-refractivity contribution in [3.05, 3.63) is 101 Å². The fourth-order valence-electron chi connectivity index (χ4n) is 3.30. The highest BCUT2D eigenvalue weighted by atomic mass is 32.2. The van der Waals surface area contributed by atoms with Crippen LogP contribution in [0.4, 0.5) is 4.39 Å². The van der Waals surface area contributed by atoms with Crippen LogP contribution in [0.3, 0.4) is 0 Å². The maximum Gasteiger partial charge on any atom is 0.227 e. The summed E-state index contributed by atoms with van der Waals surface area (Å²) in [6.45, 7) is 0. The molecule has 0 unspecified atom stereocenters. The zero-order valence-electron chi connectivity index (χ0n) is 15.5. The lowest BCUT2D eigenvalue weighted by molar-refractivity contribution is 0.435. The minimum absolute atomic E-state index is 0.282. The summed E-state index contributed by atoms with van der Waals surface area (Å²) in [6.07, 6.45) is 0.728. The van der Waals surface area contributed by atoms with Crippen molar-refractivity contribution in [2.75, 3.05) is 0 Å². The van der Waals surface area contributed by atoms with Gasteiger partial charge in [0.25, 0.3) is 0 Å². The molecule has 0 aliphatic carbocycles. The van der Waals surface area contributed by atoms with Crippen LogP contribution in [-0.2, 0) is 12.2 Å². The van der Waals surface area contributed by atoms with Crippen LogP contribution in [0.2, 0.25) is 0 Å². The summed E-state index contributed by atoms with van der Waals surface area (Å²) in [5.41, 5.74) is 4.11. The molecular weight excluding hydrogens is 383 g/mol. The van der Waals surface area contributed by atoms with Crippen LogP contribution in [0, 0.1) is 5.82 Å². The SMILES string of the molecule is Fc1ccc(-c2nc3c(c(SCc4ccccc4)n2)Cc2ccccc2O3)cc1. The second-order valence-electron chi connectivity index (χ2n) is 6.80. The molecule has 0 radical (unpaired) electrons. The predicted molar refractivity (Wildman–Crippen MR) is 113 cm³/mol. The van der Waals surface area contributed by atoms with Crippen molar-refractivity contribution >= 4 is 11.8 Å². The maximum absolute atomic E-state index is 13.4. The van der Waals surface area contributed by atoms with E-state index in [-0.39, 0.29) is 5.82 Å². The predicted octanol–water partition coefficient (Wildman–Crippen LogP) is 6.27. The van der Waals surface area contributed by atoms with Gasteiger partial charge in [-0.1, -0.05) is 48.5 Å². The Balaban J connectivity index is 1.56. The summed E-state index contributed by atoms with van der Waals surface area (Å²) < 4.78 is 19.5. The van der Waals surface area contributed by atoms with Gasteiger partial charge in [0.15, 0.2) is 5.82 Å². The Kier molecular flexibility index (Phi) is 4.74. The summed E-state index contributed by atoms with van der Waals surface area (Å²) in [6, 6.07) is 24.5. The van der Waals surface area contributed by atoms with Crippen LogP contribution < -0.4 is 4.74 Å². The number of nitrogens with zero attached hydrogens (tertiary/aromatic N) is 2. The summed E-state index contributed by atoms with van der Waals surface area (Å²) in [7, 11) is 0. The van der Waals surface area contributed by atoms with E-state index in [2.05, 4.69) is 23.2 Å². The molecule has 0 spiro atoms. The van der Waals surface area contributed by atoms with Gasteiger partial charge in [0.2, 0.25) is 5.88 Å². The smallest absolute Gasteiger partial charge is 0.227 e. The zero-order valence-corrected chi connectivity index (χ0v) is 16.3. The van der Waals surface area contributed by atoms with E-state index in [0.29, 0.717) is 11.7 Å². The van der Waals surface area contributed by atoms with Crippen LogP contribution >= 0.6 is 11.8 Å². The fraction of sp³-hybridized carbons (Fsp3) is 0.0833. The molecule has 2 heterocycles. The number of benzene rings is 3. The first-order valence-corrected chi connectivity index (χ1v) is 10.3. The highest BCUT2D eigenvalue weighted by Crippen LogP contribution is 2.40. The molecule has 0 amide bonds. The molecule has 3 aromatic carbocycles. The molecular formula is C24H17FN2OS. The van der Waals surface area contributed by atoms with Gasteiger partial charge in [-0.05, 0) is 41.5 Å². The van der Waals surface area contributed by atoms with Gasteiger partial charge in [-0.3, -0.25) is 0 Å². The molecule has 0 N–H and O–H groups in total. The Hall–Kier alpha value is -3.18. The average molecular weight is 400 g/mol. The molecule has 1 aromatic heterocycles. The third-order valence-electron chi connectivity index (χ3n) is 4.80. The molecule has 0 bridgehead atoms. The second-order valence-corrected chi connectivity index (χ2v) is 7.77. The summed E-state index contributed by atoms with van der Waals surface area (Å²) in [5, 5.41) is 0.896. The molecule has 5 rings (SSSR count). The Morgan fingerprint density at radius 3 is 2.45 bits per heavy atom. The first-order chi connectivity index (χ1) is 14.3. The Labute approximate surface area is 172 Å². The zero-order chi connectivity index (χ0) is 19.6. The van der Waals surface area contributed by atoms with Gasteiger partial charge in [-0.15, -0.1) is 11.8 Å². The molecule has 4 aromatic rings. The number of halogens is 1. The molecule has 0 fully saturated rings. The standard InChI is InChI=1S/C24H17FN2OS/c25-19-12-10-17(11-13-19)22-26-23-20(14-18-8-4-5-9-21(18)28-23)24(27-22)29-15-16-6-2-1-3-7-16/h1-13H,14-15H2. The lowest BCUT2D eigenvalue weighted by atomic mass is 10.0. The average Bonchev–Trinajstić information content (AvgIpc) is 2.77. The number of thioether (sulfide) groups is 1. The van der Waals surface area contributed by atoms with E-state index >= 15 is 0 Å². The van der Waals surface area contributed by atoms with Crippen LogP contribution in [0.25, 0.3) is 11.4 Å². The minimum Gasteiger partial charge on any atom is -0.438 e. The fourth-order valence-corrected chi connectivity index (χ4v) is 4.28. The number of rotatable bonds is 4. The van der Waals surface area contributed by atoms with Crippen LogP contribution in [0.1, 0.15) is 16.7 Å². The quantitative estimate of drug-likeness (QED) is 0.263. The number of aromatic nitrogens is 2. The van der Waals surface area contributed by atoms with E-state index in [1.54, 1.807) is 23.9 Å². The van der Waals surface area contributed by atoms with Crippen molar-refractivity contribution in [3.63, 3.8) is 0 Å². The third kappa shape index (κ3) is 3.74. The number of ether oxygens (including phenoxy) is 1. The van der Waals surface area contributed by atoms with E-state index < -0.39 is 0 Å². The molecule has 3 nitrogen and oxygen atoms in total. The van der Waals surface area contributed by atoms with Crippen molar-refractivity contribution in [1.82, 2.24) is 9.97 Å². The maximum atomic E-state index is 13.4. The normalized spacial score (nSPS) is 12.0. The molecule has 142 valence electrons. The van der Waals surface area contributed by atoms with Gasteiger partial charge in [-0.2, -0.15) is 4.98 Å². The molecule has 0 atom stereocenters. The third-order valence-corrected chi connectivity index (χ3v) is 5.89. The Morgan fingerprint density at radius 1 is 0.862 bits per heavy atom. The second kappa shape index (κ2) is 7.68. The molecule has 0 saturated heterocycles. The summed E-state index contributed by atoms with van der Waals surface area (Å²) in [5.74, 6) is 2.46. The number of fused-ring (bicyclic) bond motifs is 2. The van der Waals surface area contributed by atoms with Crippen LogP contribution in [0.15, 0.2) is 83.9 Å². The number of para-hydroxylation sites is 1. The van der Waals surface area contributed by atoms with Gasteiger partial charge < -0.3 is 4.74 Å². The topological polar surface area (TPSA) is 35.0 Å². The van der Waals surface area contributed by atoms with Crippen molar-refractivity contribution in [3.8, 4) is 23.0 Å². The summed E-state index contributed by atoms with van der Waals surface area (Å²) >= 11 is 1.67. The molecule has 1 aliphatic heterocycles. The van der Waals surface area contributed by atoms with E-state index in [1.807, 2.05) is 36.4 Å². The summed E-state index contributed by atoms with van der Waals surface area (Å²) in [4.78, 5) is 9.48. The largest absolute Gasteiger partial charge is 0.438 e. The highest BCUT2D eigenvalue weighted by molar-refractivity contribution is 7.98. The number of hydrogen-bond acceptors (Lipinski definition) is 4. The van der Waals surface area contributed by atoms with Gasteiger partial charge >= 0.3 is 0 Å². The van der Waals surface area contributed by atoms with Gasteiger partial charge in [0.1, 0.15) is 16.6 Å². The van der Waals surface area contributed by atoms with E-state index in [1.165, 1.54) is 17.7 Å². The Morgan fingerprint density at radius 2 is 1.62 bits per heavy atom. The molecule has 29 heavy (non-hydrogen) atoms. The molecule has 0 saturated carbocycles. The van der Waals surface area contributed by atoms with Crippen molar-refractivity contribution in [1.29, 1.82) is 0 Å². The molecule has 1 aliphatic rings. The first-order valence-electron chi connectivity index (χ1n) is 9.35. The van der Waals surface area contributed by atoms with Crippen molar-refractivity contribution in [2.45, 2.75) is 17.2 Å². The molecule has 5 heteroatoms. The van der Waals surface area contributed by atoms with Crippen molar-refractivity contribution in [2.24, 2.45) is 0 Å². The van der Waals surface area contributed by atoms with E-state index in [4.69, 9.17) is 9.72 Å². The monoisotopic (exact) mass is 400 g/mol. The van der Waals surface area contributed by atoms with Crippen LogP contribution in [0.5, 0.6) is 11.6 Å². The lowest BCUT2D eigenvalue weighted by Gasteiger charge is -2.21.